The minimum atomic E-state index is -0.334. The molecule has 0 atom stereocenters. The van der Waals surface area contributed by atoms with Gasteiger partial charge in [-0.05, 0) is 6.42 Å². The molecule has 0 aliphatic carbocycles. The average Bonchev–Trinajstić information content (AvgIpc) is 2.87. The number of methoxy groups -OCH3 is 1. The Bertz CT molecular complexity index is 641. The normalized spacial score (nSPS) is 10.5. The summed E-state index contributed by atoms with van der Waals surface area (Å²) in [6.45, 7) is 0. The molecule has 106 valence electrons. The summed E-state index contributed by atoms with van der Waals surface area (Å²) < 4.78 is 5.95. The lowest BCUT2D eigenvalue weighted by Gasteiger charge is -2.05. The highest BCUT2D eigenvalue weighted by Crippen LogP contribution is 2.16. The van der Waals surface area contributed by atoms with Crippen LogP contribution in [0.25, 0.3) is 5.65 Å². The number of halogens is 1. The summed E-state index contributed by atoms with van der Waals surface area (Å²) in [5, 5.41) is 6.96. The van der Waals surface area contributed by atoms with Crippen molar-refractivity contribution < 1.29 is 14.3 Å². The van der Waals surface area contributed by atoms with Gasteiger partial charge in [0.05, 0.1) is 13.3 Å². The molecule has 0 aromatic carbocycles. The maximum Gasteiger partial charge on any atom is 0.305 e. The zero-order valence-corrected chi connectivity index (χ0v) is 11.6. The molecule has 0 aliphatic heterocycles. The number of amides is 1. The van der Waals surface area contributed by atoms with Crippen LogP contribution < -0.4 is 5.32 Å². The molecule has 1 N–H and O–H groups in total. The third-order valence-electron chi connectivity index (χ3n) is 2.60. The summed E-state index contributed by atoms with van der Waals surface area (Å²) in [6.07, 6.45) is 2.40. The molecule has 2 heterocycles. The van der Waals surface area contributed by atoms with Crippen LogP contribution in [0.4, 0.5) is 5.82 Å². The van der Waals surface area contributed by atoms with E-state index in [2.05, 4.69) is 20.1 Å². The third kappa shape index (κ3) is 3.45. The molecule has 0 unspecified atom stereocenters. The number of nitrogens with one attached hydrogen (secondary N) is 1. The van der Waals surface area contributed by atoms with Crippen LogP contribution >= 0.6 is 11.6 Å². The summed E-state index contributed by atoms with van der Waals surface area (Å²) in [5.41, 5.74) is 0.544. The Labute approximate surface area is 119 Å². The van der Waals surface area contributed by atoms with Crippen molar-refractivity contribution in [2.75, 3.05) is 12.4 Å². The highest BCUT2D eigenvalue weighted by Gasteiger charge is 2.09. The Kier molecular flexibility index (Phi) is 4.52. The standard InChI is InChI=1S/C12H13ClN4O3/c1-20-12(19)4-2-3-11(18)16-9-7-8(13)17-10(15-9)5-6-14-17/h5-7H,2-4H2,1H3,(H,15,16,18). The minimum absolute atomic E-state index is 0.207. The fourth-order valence-electron chi connectivity index (χ4n) is 1.64. The molecule has 0 saturated heterocycles. The lowest BCUT2D eigenvalue weighted by atomic mass is 10.2. The van der Waals surface area contributed by atoms with Gasteiger partial charge >= 0.3 is 5.97 Å². The molecule has 0 aliphatic rings. The first-order valence-electron chi connectivity index (χ1n) is 5.97. The summed E-state index contributed by atoms with van der Waals surface area (Å²) in [7, 11) is 1.31. The second kappa shape index (κ2) is 6.33. The van der Waals surface area contributed by atoms with Crippen LogP contribution in [0.2, 0.25) is 5.15 Å². The maximum absolute atomic E-state index is 11.7. The van der Waals surface area contributed by atoms with E-state index in [9.17, 15) is 9.59 Å². The molecule has 0 radical (unpaired) electrons. The van der Waals surface area contributed by atoms with Gasteiger partial charge in [0.1, 0.15) is 11.0 Å². The minimum Gasteiger partial charge on any atom is -0.469 e. The van der Waals surface area contributed by atoms with E-state index in [4.69, 9.17) is 11.6 Å². The second-order valence-corrected chi connectivity index (χ2v) is 4.43. The fourth-order valence-corrected chi connectivity index (χ4v) is 1.87. The molecule has 0 bridgehead atoms. The SMILES string of the molecule is COC(=O)CCCC(=O)Nc1cc(Cl)n2nccc2n1. The van der Waals surface area contributed by atoms with Crippen LogP contribution in [0.15, 0.2) is 18.3 Å². The van der Waals surface area contributed by atoms with Crippen molar-refractivity contribution in [3.63, 3.8) is 0 Å². The Morgan fingerprint density at radius 2 is 2.25 bits per heavy atom. The number of hydrogen-bond donors (Lipinski definition) is 1. The van der Waals surface area contributed by atoms with Crippen LogP contribution in [0.3, 0.4) is 0 Å². The summed E-state index contributed by atoms with van der Waals surface area (Å²) in [4.78, 5) is 26.8. The number of rotatable bonds is 5. The fraction of sp³-hybridized carbons (Fsp3) is 0.333. The molecule has 1 amide bonds. The van der Waals surface area contributed by atoms with Crippen molar-refractivity contribution in [2.45, 2.75) is 19.3 Å². The van der Waals surface area contributed by atoms with Gasteiger partial charge in [-0.25, -0.2) is 9.50 Å². The number of carbonyl (C=O) groups is 2. The number of aromatic nitrogens is 3. The predicted octanol–water partition coefficient (Wildman–Crippen LogP) is 1.66. The summed E-state index contributed by atoms with van der Waals surface area (Å²) >= 11 is 6.00. The summed E-state index contributed by atoms with van der Waals surface area (Å²) in [6, 6.07) is 3.19. The first kappa shape index (κ1) is 14.3. The predicted molar refractivity (Wildman–Crippen MR) is 72.5 cm³/mol. The van der Waals surface area contributed by atoms with Crippen molar-refractivity contribution in [1.29, 1.82) is 0 Å². The molecule has 20 heavy (non-hydrogen) atoms. The number of ether oxygens (including phenoxy) is 1. The van der Waals surface area contributed by atoms with E-state index in [1.807, 2.05) is 0 Å². The number of fused-ring (bicyclic) bond motifs is 1. The number of hydrogen-bond acceptors (Lipinski definition) is 5. The molecule has 2 aromatic rings. The monoisotopic (exact) mass is 296 g/mol. The van der Waals surface area contributed by atoms with Gasteiger partial charge in [-0.1, -0.05) is 11.6 Å². The van der Waals surface area contributed by atoms with Gasteiger partial charge in [-0.15, -0.1) is 0 Å². The maximum atomic E-state index is 11.7. The van der Waals surface area contributed by atoms with Gasteiger partial charge in [-0.3, -0.25) is 9.59 Å². The van der Waals surface area contributed by atoms with Crippen molar-refractivity contribution in [3.8, 4) is 0 Å². The van der Waals surface area contributed by atoms with E-state index in [-0.39, 0.29) is 24.7 Å². The smallest absolute Gasteiger partial charge is 0.305 e. The molecular weight excluding hydrogens is 284 g/mol. The molecule has 8 heteroatoms. The number of anilines is 1. The van der Waals surface area contributed by atoms with Gasteiger partial charge < -0.3 is 10.1 Å². The Balaban J connectivity index is 1.94. The largest absolute Gasteiger partial charge is 0.469 e. The van der Waals surface area contributed by atoms with E-state index in [0.717, 1.165) is 0 Å². The first-order chi connectivity index (χ1) is 9.60. The lowest BCUT2D eigenvalue weighted by Crippen LogP contribution is -2.13. The van der Waals surface area contributed by atoms with Gasteiger partial charge in [0.25, 0.3) is 0 Å². The molecule has 0 spiro atoms. The van der Waals surface area contributed by atoms with E-state index in [1.54, 1.807) is 12.3 Å². The first-order valence-corrected chi connectivity index (χ1v) is 6.35. The highest BCUT2D eigenvalue weighted by atomic mass is 35.5. The average molecular weight is 297 g/mol. The van der Waals surface area contributed by atoms with Gasteiger partial charge in [0.2, 0.25) is 5.91 Å². The molecule has 2 aromatic heterocycles. The topological polar surface area (TPSA) is 85.6 Å². The van der Waals surface area contributed by atoms with Crippen molar-refractivity contribution in [2.24, 2.45) is 0 Å². The van der Waals surface area contributed by atoms with Crippen LogP contribution in [0.5, 0.6) is 0 Å². The highest BCUT2D eigenvalue weighted by molar-refractivity contribution is 6.30. The molecule has 7 nitrogen and oxygen atoms in total. The Morgan fingerprint density at radius 3 is 3.00 bits per heavy atom. The van der Waals surface area contributed by atoms with E-state index < -0.39 is 0 Å². The second-order valence-electron chi connectivity index (χ2n) is 4.04. The zero-order valence-electron chi connectivity index (χ0n) is 10.8. The van der Waals surface area contributed by atoms with Crippen molar-refractivity contribution >= 4 is 34.9 Å². The van der Waals surface area contributed by atoms with Crippen molar-refractivity contribution in [3.05, 3.63) is 23.5 Å². The van der Waals surface area contributed by atoms with Crippen LogP contribution in [-0.2, 0) is 14.3 Å². The third-order valence-corrected chi connectivity index (χ3v) is 2.87. The Hall–Kier alpha value is -2.15. The quantitative estimate of drug-likeness (QED) is 0.670. The lowest BCUT2D eigenvalue weighted by molar-refractivity contribution is -0.140. The molecular formula is C12H13ClN4O3. The summed E-state index contributed by atoms with van der Waals surface area (Å²) in [5.74, 6) is -0.216. The van der Waals surface area contributed by atoms with Gasteiger partial charge in [-0.2, -0.15) is 5.10 Å². The van der Waals surface area contributed by atoms with Crippen LogP contribution in [-0.4, -0.2) is 33.6 Å². The number of carbonyl (C=O) groups excluding carboxylic acids is 2. The van der Waals surface area contributed by atoms with E-state index in [1.165, 1.54) is 17.7 Å². The number of nitrogens with zero attached hydrogens (tertiary/aromatic N) is 3. The van der Waals surface area contributed by atoms with Gasteiger partial charge in [0.15, 0.2) is 5.65 Å². The van der Waals surface area contributed by atoms with E-state index >= 15 is 0 Å². The van der Waals surface area contributed by atoms with Crippen molar-refractivity contribution in [1.82, 2.24) is 14.6 Å². The molecule has 0 saturated carbocycles. The van der Waals surface area contributed by atoms with Gasteiger partial charge in [0, 0.05) is 25.0 Å². The number of esters is 1. The van der Waals surface area contributed by atoms with Crippen LogP contribution in [0.1, 0.15) is 19.3 Å². The molecule has 2 rings (SSSR count). The zero-order chi connectivity index (χ0) is 14.5. The van der Waals surface area contributed by atoms with E-state index in [0.29, 0.717) is 23.0 Å². The van der Waals surface area contributed by atoms with Crippen LogP contribution in [0, 0.1) is 0 Å². The molecule has 0 fully saturated rings. The Morgan fingerprint density at radius 1 is 1.45 bits per heavy atom.